The summed E-state index contributed by atoms with van der Waals surface area (Å²) in [6.45, 7) is 14.8. The Morgan fingerprint density at radius 2 is 1.38 bits per heavy atom. The monoisotopic (exact) mass is 393 g/mol. The number of para-hydroxylation sites is 2. The molecule has 1 amide bonds. The zero-order valence-corrected chi connectivity index (χ0v) is 18.9. The van der Waals surface area contributed by atoms with Crippen LogP contribution in [-0.4, -0.2) is 33.4 Å². The van der Waals surface area contributed by atoms with E-state index < -0.39 is 0 Å². The van der Waals surface area contributed by atoms with Crippen molar-refractivity contribution in [3.8, 4) is 11.3 Å². The van der Waals surface area contributed by atoms with Crippen LogP contribution < -0.4 is 0 Å². The van der Waals surface area contributed by atoms with Crippen molar-refractivity contribution in [2.75, 3.05) is 6.54 Å². The molecule has 0 spiro atoms. The summed E-state index contributed by atoms with van der Waals surface area (Å²) in [4.78, 5) is 24.2. The third-order valence-electron chi connectivity index (χ3n) is 4.29. The first-order valence-corrected chi connectivity index (χ1v) is 10.7. The van der Waals surface area contributed by atoms with Crippen molar-refractivity contribution in [3.05, 3.63) is 60.3 Å². The molecule has 0 unspecified atom stereocenters. The molecule has 0 saturated heterocycles. The van der Waals surface area contributed by atoms with Crippen molar-refractivity contribution in [2.24, 2.45) is 0 Å². The Kier molecular flexibility index (Phi) is 10.6. The molecule has 2 aromatic carbocycles. The minimum Gasteiger partial charge on any atom is -0.340 e. The maximum Gasteiger partial charge on any atom is 0.228 e. The van der Waals surface area contributed by atoms with Gasteiger partial charge in [-0.25, -0.2) is 9.97 Å². The SMILES string of the molecule is CC.CC.CCN(C(=O)Cc1nc2ccccc2nc1-c1ccccc1)C(C)C. The zero-order chi connectivity index (χ0) is 21.8. The van der Waals surface area contributed by atoms with Crippen LogP contribution in [0.3, 0.4) is 0 Å². The summed E-state index contributed by atoms with van der Waals surface area (Å²) >= 11 is 0. The Hall–Kier alpha value is -2.75. The van der Waals surface area contributed by atoms with Gasteiger partial charge in [-0.1, -0.05) is 70.2 Å². The minimum atomic E-state index is 0.0827. The highest BCUT2D eigenvalue weighted by Gasteiger charge is 2.19. The molecule has 0 atom stereocenters. The fraction of sp³-hybridized carbons (Fsp3) is 0.400. The number of hydrogen-bond donors (Lipinski definition) is 0. The normalized spacial score (nSPS) is 9.93. The van der Waals surface area contributed by atoms with Gasteiger partial charge in [-0.2, -0.15) is 0 Å². The number of amides is 1. The van der Waals surface area contributed by atoms with Crippen LogP contribution in [0.15, 0.2) is 54.6 Å². The molecule has 29 heavy (non-hydrogen) atoms. The second-order valence-corrected chi connectivity index (χ2v) is 6.32. The van der Waals surface area contributed by atoms with Gasteiger partial charge in [0.25, 0.3) is 0 Å². The van der Waals surface area contributed by atoms with Crippen LogP contribution in [0.25, 0.3) is 22.3 Å². The van der Waals surface area contributed by atoms with Gasteiger partial charge in [0.05, 0.1) is 28.8 Å². The Morgan fingerprint density at radius 1 is 0.862 bits per heavy atom. The lowest BCUT2D eigenvalue weighted by molar-refractivity contribution is -0.131. The van der Waals surface area contributed by atoms with E-state index in [-0.39, 0.29) is 18.4 Å². The quantitative estimate of drug-likeness (QED) is 0.522. The number of hydrogen-bond acceptors (Lipinski definition) is 3. The van der Waals surface area contributed by atoms with Crippen molar-refractivity contribution < 1.29 is 4.79 Å². The summed E-state index contributed by atoms with van der Waals surface area (Å²) in [5.74, 6) is 0.0827. The third kappa shape index (κ3) is 6.38. The molecular formula is C25H35N3O. The van der Waals surface area contributed by atoms with Crippen molar-refractivity contribution in [3.63, 3.8) is 0 Å². The van der Waals surface area contributed by atoms with Crippen LogP contribution in [0.4, 0.5) is 0 Å². The number of aromatic nitrogens is 2. The first-order chi connectivity index (χ1) is 14.1. The van der Waals surface area contributed by atoms with Crippen LogP contribution in [-0.2, 0) is 11.2 Å². The van der Waals surface area contributed by atoms with Crippen LogP contribution in [0, 0.1) is 0 Å². The standard InChI is InChI=1S/C21H23N3O.2C2H6/c1-4-24(15(2)3)20(25)14-19-21(16-10-6-5-7-11-16)23-18-13-9-8-12-17(18)22-19;2*1-2/h5-13,15H,4,14H2,1-3H3;2*1-2H3. The summed E-state index contributed by atoms with van der Waals surface area (Å²) in [5.41, 5.74) is 4.16. The van der Waals surface area contributed by atoms with Gasteiger partial charge in [-0.15, -0.1) is 0 Å². The van der Waals surface area contributed by atoms with E-state index in [2.05, 4.69) is 0 Å². The maximum atomic E-state index is 12.8. The Balaban J connectivity index is 0.000000989. The summed E-state index contributed by atoms with van der Waals surface area (Å²) in [6.07, 6.45) is 0.258. The van der Waals surface area contributed by atoms with Crippen molar-refractivity contribution in [2.45, 2.75) is 60.9 Å². The lowest BCUT2D eigenvalue weighted by Gasteiger charge is -2.25. The van der Waals surface area contributed by atoms with Crippen molar-refractivity contribution in [1.29, 1.82) is 0 Å². The number of rotatable bonds is 5. The predicted molar refractivity (Wildman–Crippen MR) is 124 cm³/mol. The molecule has 3 rings (SSSR count). The number of fused-ring (bicyclic) bond motifs is 1. The zero-order valence-electron chi connectivity index (χ0n) is 18.9. The van der Waals surface area contributed by atoms with Gasteiger partial charge in [-0.3, -0.25) is 4.79 Å². The summed E-state index contributed by atoms with van der Waals surface area (Å²) in [5, 5.41) is 0. The van der Waals surface area contributed by atoms with E-state index in [1.54, 1.807) is 0 Å². The van der Waals surface area contributed by atoms with Crippen molar-refractivity contribution in [1.82, 2.24) is 14.9 Å². The lowest BCUT2D eigenvalue weighted by Crippen LogP contribution is -2.38. The maximum absolute atomic E-state index is 12.8. The highest BCUT2D eigenvalue weighted by atomic mass is 16.2. The van der Waals surface area contributed by atoms with Gasteiger partial charge >= 0.3 is 0 Å². The van der Waals surface area contributed by atoms with E-state index in [0.29, 0.717) is 6.54 Å². The minimum absolute atomic E-state index is 0.0827. The smallest absolute Gasteiger partial charge is 0.228 e. The fourth-order valence-electron chi connectivity index (χ4n) is 3.06. The molecule has 0 saturated carbocycles. The highest BCUT2D eigenvalue weighted by Crippen LogP contribution is 2.24. The van der Waals surface area contributed by atoms with Gasteiger partial charge in [0.1, 0.15) is 0 Å². The number of benzene rings is 2. The first-order valence-electron chi connectivity index (χ1n) is 10.7. The van der Waals surface area contributed by atoms with Gasteiger partial charge in [-0.05, 0) is 32.9 Å². The molecule has 0 radical (unpaired) electrons. The molecule has 0 N–H and O–H groups in total. The molecule has 0 aliphatic carbocycles. The molecule has 4 heteroatoms. The van der Waals surface area contributed by atoms with Gasteiger partial charge in [0, 0.05) is 18.2 Å². The molecule has 1 aromatic heterocycles. The van der Waals surface area contributed by atoms with Gasteiger partial charge in [0.15, 0.2) is 0 Å². The van der Waals surface area contributed by atoms with E-state index in [4.69, 9.17) is 9.97 Å². The Bertz CT molecular complexity index is 876. The van der Waals surface area contributed by atoms with Crippen LogP contribution in [0.5, 0.6) is 0 Å². The lowest BCUT2D eigenvalue weighted by atomic mass is 10.1. The number of likely N-dealkylation sites (N-methyl/N-ethyl adjacent to an activating group) is 1. The van der Waals surface area contributed by atoms with E-state index in [9.17, 15) is 4.79 Å². The Labute approximate surface area is 176 Å². The fourth-order valence-corrected chi connectivity index (χ4v) is 3.06. The molecule has 1 heterocycles. The Morgan fingerprint density at radius 3 is 1.90 bits per heavy atom. The van der Waals surface area contributed by atoms with Gasteiger partial charge < -0.3 is 4.90 Å². The molecule has 0 aliphatic heterocycles. The topological polar surface area (TPSA) is 46.1 Å². The molecular weight excluding hydrogens is 358 g/mol. The average molecular weight is 394 g/mol. The highest BCUT2D eigenvalue weighted by molar-refractivity contribution is 5.84. The third-order valence-corrected chi connectivity index (χ3v) is 4.29. The van der Waals surface area contributed by atoms with Crippen molar-refractivity contribution >= 4 is 16.9 Å². The summed E-state index contributed by atoms with van der Waals surface area (Å²) in [7, 11) is 0. The van der Waals surface area contributed by atoms with E-state index in [1.807, 2.05) is 108 Å². The largest absolute Gasteiger partial charge is 0.340 e. The molecule has 156 valence electrons. The van der Waals surface area contributed by atoms with Gasteiger partial charge in [0.2, 0.25) is 5.91 Å². The molecule has 4 nitrogen and oxygen atoms in total. The van der Waals surface area contributed by atoms with E-state index >= 15 is 0 Å². The predicted octanol–water partition coefficient (Wildman–Crippen LogP) is 6.15. The summed E-state index contributed by atoms with van der Waals surface area (Å²) in [6, 6.07) is 17.9. The van der Waals surface area contributed by atoms with E-state index in [1.165, 1.54) is 0 Å². The second-order valence-electron chi connectivity index (χ2n) is 6.32. The molecule has 3 aromatic rings. The molecule has 0 fully saturated rings. The van der Waals surface area contributed by atoms with Crippen LogP contribution in [0.1, 0.15) is 54.2 Å². The van der Waals surface area contributed by atoms with E-state index in [0.717, 1.165) is 28.0 Å². The molecule has 0 aliphatic rings. The average Bonchev–Trinajstić information content (AvgIpc) is 2.77. The first kappa shape index (κ1) is 24.3. The molecule has 0 bridgehead atoms. The van der Waals surface area contributed by atoms with Crippen LogP contribution in [0.2, 0.25) is 0 Å². The van der Waals surface area contributed by atoms with Crippen LogP contribution >= 0.6 is 0 Å². The number of carbonyl (C=O) groups is 1. The number of nitrogens with zero attached hydrogens (tertiary/aromatic N) is 3. The summed E-state index contributed by atoms with van der Waals surface area (Å²) < 4.78 is 0. The second kappa shape index (κ2) is 12.7. The number of carbonyl (C=O) groups excluding carboxylic acids is 1.